The van der Waals surface area contributed by atoms with Crippen LogP contribution in [-0.2, 0) is 4.79 Å². The van der Waals surface area contributed by atoms with Crippen LogP contribution in [0, 0.1) is 0 Å². The lowest BCUT2D eigenvalue weighted by Crippen LogP contribution is -2.38. The zero-order valence-corrected chi connectivity index (χ0v) is 9.36. The molecule has 0 radical (unpaired) electrons. The molecule has 17 heavy (non-hydrogen) atoms. The Kier molecular flexibility index (Phi) is 4.47. The number of imide groups is 1. The average molecular weight is 257 g/mol. The molecule has 0 aliphatic carbocycles. The molecule has 0 aliphatic heterocycles. The van der Waals surface area contributed by atoms with Crippen LogP contribution in [0.2, 0.25) is 5.02 Å². The average Bonchev–Trinajstić information content (AvgIpc) is 2.25. The van der Waals surface area contributed by atoms with Crippen LogP contribution in [0.4, 0.5) is 4.79 Å². The van der Waals surface area contributed by atoms with E-state index < -0.39 is 18.5 Å². The lowest BCUT2D eigenvalue weighted by Gasteiger charge is -2.08. The van der Waals surface area contributed by atoms with Crippen LogP contribution in [0.25, 0.3) is 0 Å². The number of urea groups is 1. The molecule has 0 saturated carbocycles. The summed E-state index contributed by atoms with van der Waals surface area (Å²) < 4.78 is 5.04. The van der Waals surface area contributed by atoms with E-state index in [9.17, 15) is 14.4 Å². The first-order chi connectivity index (χ1) is 8.04. The van der Waals surface area contributed by atoms with E-state index in [1.807, 2.05) is 5.32 Å². The maximum Gasteiger partial charge on any atom is 0.318 e. The smallest absolute Gasteiger partial charge is 0.318 e. The van der Waals surface area contributed by atoms with E-state index in [-0.39, 0.29) is 16.3 Å². The number of rotatable bonds is 4. The van der Waals surface area contributed by atoms with E-state index in [0.29, 0.717) is 6.29 Å². The van der Waals surface area contributed by atoms with Crippen LogP contribution in [-0.4, -0.2) is 24.8 Å². The van der Waals surface area contributed by atoms with Crippen molar-refractivity contribution in [2.45, 2.75) is 0 Å². The highest BCUT2D eigenvalue weighted by molar-refractivity contribution is 6.33. The van der Waals surface area contributed by atoms with Gasteiger partial charge < -0.3 is 10.5 Å². The van der Waals surface area contributed by atoms with Gasteiger partial charge in [0.05, 0.1) is 10.6 Å². The Morgan fingerprint density at radius 1 is 1.47 bits per heavy atom. The summed E-state index contributed by atoms with van der Waals surface area (Å²) >= 11 is 5.74. The number of primary amides is 1. The van der Waals surface area contributed by atoms with Crippen molar-refractivity contribution >= 4 is 29.8 Å². The summed E-state index contributed by atoms with van der Waals surface area (Å²) in [6.45, 7) is -0.440. The minimum Gasteiger partial charge on any atom is -0.483 e. The number of halogens is 1. The Hall–Kier alpha value is -2.08. The third-order valence-corrected chi connectivity index (χ3v) is 2.08. The first kappa shape index (κ1) is 13.0. The SMILES string of the molecule is NC(=O)NC(=O)COc1cccc(Cl)c1C=O. The van der Waals surface area contributed by atoms with Crippen molar-refractivity contribution in [2.24, 2.45) is 5.73 Å². The molecule has 0 aromatic heterocycles. The van der Waals surface area contributed by atoms with Crippen molar-refractivity contribution in [1.29, 1.82) is 0 Å². The summed E-state index contributed by atoms with van der Waals surface area (Å²) in [5.41, 5.74) is 4.88. The summed E-state index contributed by atoms with van der Waals surface area (Å²) in [7, 11) is 0. The van der Waals surface area contributed by atoms with E-state index in [1.54, 1.807) is 6.07 Å². The van der Waals surface area contributed by atoms with Gasteiger partial charge in [-0.05, 0) is 12.1 Å². The molecule has 0 saturated heterocycles. The first-order valence-corrected chi connectivity index (χ1v) is 4.88. The monoisotopic (exact) mass is 256 g/mol. The minimum atomic E-state index is -0.972. The summed E-state index contributed by atoms with van der Waals surface area (Å²) in [5, 5.41) is 2.03. The molecule has 1 rings (SSSR count). The largest absolute Gasteiger partial charge is 0.483 e. The van der Waals surface area contributed by atoms with Crippen LogP contribution in [0.3, 0.4) is 0 Å². The molecule has 0 bridgehead atoms. The van der Waals surface area contributed by atoms with Crippen LogP contribution >= 0.6 is 11.6 Å². The van der Waals surface area contributed by atoms with Gasteiger partial charge in [-0.25, -0.2) is 4.79 Å². The molecular formula is C10H9ClN2O4. The molecule has 0 fully saturated rings. The fourth-order valence-corrected chi connectivity index (χ4v) is 1.28. The van der Waals surface area contributed by atoms with Crippen molar-refractivity contribution < 1.29 is 19.1 Å². The Balaban J connectivity index is 2.69. The van der Waals surface area contributed by atoms with E-state index >= 15 is 0 Å². The Bertz CT molecular complexity index is 462. The van der Waals surface area contributed by atoms with Crippen molar-refractivity contribution in [3.05, 3.63) is 28.8 Å². The van der Waals surface area contributed by atoms with Crippen molar-refractivity contribution in [3.8, 4) is 5.75 Å². The quantitative estimate of drug-likeness (QED) is 0.776. The van der Waals surface area contributed by atoms with Gasteiger partial charge in [0, 0.05) is 0 Å². The number of hydrogen-bond acceptors (Lipinski definition) is 4. The van der Waals surface area contributed by atoms with Gasteiger partial charge in [0.15, 0.2) is 12.9 Å². The number of aldehydes is 1. The van der Waals surface area contributed by atoms with Gasteiger partial charge in [-0.3, -0.25) is 14.9 Å². The molecule has 1 aromatic carbocycles. The highest BCUT2D eigenvalue weighted by Crippen LogP contribution is 2.24. The van der Waals surface area contributed by atoms with Crippen LogP contribution < -0.4 is 15.8 Å². The molecule has 0 spiro atoms. The van der Waals surface area contributed by atoms with Gasteiger partial charge in [-0.2, -0.15) is 0 Å². The molecule has 0 aliphatic rings. The number of nitrogens with two attached hydrogens (primary N) is 1. The predicted octanol–water partition coefficient (Wildman–Crippen LogP) is 0.726. The maximum absolute atomic E-state index is 11.1. The fraction of sp³-hybridized carbons (Fsp3) is 0.100. The molecule has 6 nitrogen and oxygen atoms in total. The van der Waals surface area contributed by atoms with Crippen molar-refractivity contribution in [2.75, 3.05) is 6.61 Å². The normalized spacial score (nSPS) is 9.47. The lowest BCUT2D eigenvalue weighted by molar-refractivity contribution is -0.121. The summed E-state index contributed by atoms with van der Waals surface area (Å²) in [6.07, 6.45) is 0.518. The second kappa shape index (κ2) is 5.86. The van der Waals surface area contributed by atoms with Crippen molar-refractivity contribution in [1.82, 2.24) is 5.32 Å². The minimum absolute atomic E-state index is 0.140. The molecule has 7 heteroatoms. The number of benzene rings is 1. The zero-order valence-electron chi connectivity index (χ0n) is 8.60. The predicted molar refractivity (Wildman–Crippen MR) is 60.1 cm³/mol. The maximum atomic E-state index is 11.1. The molecular weight excluding hydrogens is 248 g/mol. The van der Waals surface area contributed by atoms with E-state index in [0.717, 1.165) is 0 Å². The van der Waals surface area contributed by atoms with E-state index in [1.165, 1.54) is 12.1 Å². The van der Waals surface area contributed by atoms with Gasteiger partial charge in [0.1, 0.15) is 5.75 Å². The molecule has 0 unspecified atom stereocenters. The second-order valence-corrected chi connectivity index (χ2v) is 3.38. The number of nitrogens with one attached hydrogen (secondary N) is 1. The summed E-state index contributed by atoms with van der Waals surface area (Å²) in [5.74, 6) is -0.554. The number of carbonyl (C=O) groups is 3. The standard InChI is InChI=1S/C10H9ClN2O4/c11-7-2-1-3-8(6(7)4-14)17-5-9(15)13-10(12)16/h1-4H,5H2,(H3,12,13,15,16). The fourth-order valence-electron chi connectivity index (χ4n) is 1.07. The van der Waals surface area contributed by atoms with Gasteiger partial charge in [0.25, 0.3) is 5.91 Å². The number of carbonyl (C=O) groups excluding carboxylic acids is 3. The highest BCUT2D eigenvalue weighted by atomic mass is 35.5. The number of ether oxygens (including phenoxy) is 1. The van der Waals surface area contributed by atoms with E-state index in [2.05, 4.69) is 0 Å². The Morgan fingerprint density at radius 2 is 2.18 bits per heavy atom. The third-order valence-electron chi connectivity index (χ3n) is 1.75. The number of hydrogen-bond donors (Lipinski definition) is 2. The van der Waals surface area contributed by atoms with Gasteiger partial charge >= 0.3 is 6.03 Å². The van der Waals surface area contributed by atoms with Gasteiger partial charge in [0.2, 0.25) is 0 Å². The highest BCUT2D eigenvalue weighted by Gasteiger charge is 2.10. The van der Waals surface area contributed by atoms with Crippen molar-refractivity contribution in [3.63, 3.8) is 0 Å². The topological polar surface area (TPSA) is 98.5 Å². The molecule has 0 heterocycles. The zero-order chi connectivity index (χ0) is 12.8. The molecule has 3 amide bonds. The summed E-state index contributed by atoms with van der Waals surface area (Å²) in [4.78, 5) is 32.1. The summed E-state index contributed by atoms with van der Waals surface area (Å²) in [6, 6.07) is 3.59. The van der Waals surface area contributed by atoms with Gasteiger partial charge in [-0.1, -0.05) is 17.7 Å². The number of amides is 3. The molecule has 90 valence electrons. The molecule has 1 aromatic rings. The van der Waals surface area contributed by atoms with Crippen LogP contribution in [0.5, 0.6) is 5.75 Å². The van der Waals surface area contributed by atoms with Gasteiger partial charge in [-0.15, -0.1) is 0 Å². The first-order valence-electron chi connectivity index (χ1n) is 4.50. The Labute approximate surface area is 102 Å². The van der Waals surface area contributed by atoms with Crippen LogP contribution in [0.1, 0.15) is 10.4 Å². The second-order valence-electron chi connectivity index (χ2n) is 2.97. The van der Waals surface area contributed by atoms with E-state index in [4.69, 9.17) is 22.1 Å². The molecule has 0 atom stereocenters. The van der Waals surface area contributed by atoms with Crippen LogP contribution in [0.15, 0.2) is 18.2 Å². The third kappa shape index (κ3) is 3.76. The molecule has 3 N–H and O–H groups in total. The Morgan fingerprint density at radius 3 is 2.76 bits per heavy atom. The lowest BCUT2D eigenvalue weighted by atomic mass is 10.2.